The van der Waals surface area contributed by atoms with Gasteiger partial charge in [0.2, 0.25) is 0 Å². The minimum absolute atomic E-state index is 0.0711. The maximum atomic E-state index is 12.1. The van der Waals surface area contributed by atoms with E-state index in [0.29, 0.717) is 0 Å². The predicted octanol–water partition coefficient (Wildman–Crippen LogP) is 2.22. The molecule has 0 aliphatic heterocycles. The fourth-order valence-corrected chi connectivity index (χ4v) is 2.80. The van der Waals surface area contributed by atoms with E-state index in [-0.39, 0.29) is 11.4 Å². The highest BCUT2D eigenvalue weighted by Gasteiger charge is 2.16. The van der Waals surface area contributed by atoms with Crippen LogP contribution in [0.4, 0.5) is 5.69 Å². The molecule has 22 heavy (non-hydrogen) atoms. The lowest BCUT2D eigenvalue weighted by atomic mass is 10.2. The fraction of sp³-hybridized carbons (Fsp3) is 0.188. The van der Waals surface area contributed by atoms with Crippen LogP contribution in [0.25, 0.3) is 0 Å². The maximum absolute atomic E-state index is 12.1. The molecule has 0 aliphatic rings. The van der Waals surface area contributed by atoms with Gasteiger partial charge in [-0.3, -0.25) is 4.79 Å². The smallest absolute Gasteiger partial charge is 0.264 e. The Morgan fingerprint density at radius 1 is 0.909 bits per heavy atom. The topological polar surface area (TPSA) is 75.3 Å². The van der Waals surface area contributed by atoms with Crippen LogP contribution in [0.1, 0.15) is 11.1 Å². The van der Waals surface area contributed by atoms with Gasteiger partial charge in [0.25, 0.3) is 15.9 Å². The van der Waals surface area contributed by atoms with Gasteiger partial charge in [-0.2, -0.15) is 0 Å². The molecule has 2 aromatic rings. The lowest BCUT2D eigenvalue weighted by Gasteiger charge is -2.09. The van der Waals surface area contributed by atoms with Gasteiger partial charge in [0.1, 0.15) is 0 Å². The van der Waals surface area contributed by atoms with Crippen LogP contribution < -0.4 is 10.0 Å². The highest BCUT2D eigenvalue weighted by Crippen LogP contribution is 2.10. The van der Waals surface area contributed by atoms with E-state index >= 15 is 0 Å². The second kappa shape index (κ2) is 6.62. The number of hydrogen-bond donors (Lipinski definition) is 2. The van der Waals surface area contributed by atoms with Crippen molar-refractivity contribution in [1.82, 2.24) is 4.72 Å². The summed E-state index contributed by atoms with van der Waals surface area (Å²) >= 11 is 0. The molecule has 0 unspecified atom stereocenters. The molecule has 5 nitrogen and oxygen atoms in total. The summed E-state index contributed by atoms with van der Waals surface area (Å²) in [5, 5.41) is 2.88. The number of anilines is 1. The number of amides is 1. The Morgan fingerprint density at radius 2 is 1.41 bits per heavy atom. The molecule has 0 heterocycles. The lowest BCUT2D eigenvalue weighted by Crippen LogP contribution is -2.35. The number of sulfonamides is 1. The molecule has 0 saturated heterocycles. The first kappa shape index (κ1) is 16.0. The zero-order valence-corrected chi connectivity index (χ0v) is 13.3. The van der Waals surface area contributed by atoms with Crippen LogP contribution in [0.3, 0.4) is 0 Å². The summed E-state index contributed by atoms with van der Waals surface area (Å²) in [5.74, 6) is -0.610. The van der Waals surface area contributed by atoms with Crippen molar-refractivity contribution in [3.63, 3.8) is 0 Å². The van der Waals surface area contributed by atoms with Crippen molar-refractivity contribution in [2.75, 3.05) is 11.9 Å². The Balaban J connectivity index is 1.96. The molecule has 0 fully saturated rings. The van der Waals surface area contributed by atoms with Gasteiger partial charge in [-0.15, -0.1) is 0 Å². The van der Waals surface area contributed by atoms with Crippen molar-refractivity contribution in [2.45, 2.75) is 18.7 Å². The van der Waals surface area contributed by atoms with Gasteiger partial charge < -0.3 is 5.32 Å². The number of carbonyl (C=O) groups excluding carboxylic acids is 1. The Bertz CT molecular complexity index is 751. The van der Waals surface area contributed by atoms with Gasteiger partial charge in [0, 0.05) is 5.69 Å². The maximum Gasteiger partial charge on any atom is 0.264 e. The summed E-state index contributed by atoms with van der Waals surface area (Å²) in [6, 6.07) is 13.8. The molecule has 0 radical (unpaired) electrons. The molecule has 2 rings (SSSR count). The largest absolute Gasteiger partial charge is 0.376 e. The third kappa shape index (κ3) is 4.33. The van der Waals surface area contributed by atoms with Gasteiger partial charge in [0.05, 0.1) is 11.4 Å². The molecule has 0 bridgehead atoms. The van der Waals surface area contributed by atoms with Crippen molar-refractivity contribution in [3.8, 4) is 0 Å². The van der Waals surface area contributed by atoms with Crippen molar-refractivity contribution < 1.29 is 13.2 Å². The third-order valence-electron chi connectivity index (χ3n) is 3.08. The molecule has 0 atom stereocenters. The minimum atomic E-state index is -3.83. The summed E-state index contributed by atoms with van der Waals surface area (Å²) in [6.07, 6.45) is 0. The normalized spacial score (nSPS) is 11.0. The number of rotatable bonds is 5. The van der Waals surface area contributed by atoms with Crippen molar-refractivity contribution >= 4 is 21.6 Å². The highest BCUT2D eigenvalue weighted by molar-refractivity contribution is 7.90. The zero-order chi connectivity index (χ0) is 16.2. The highest BCUT2D eigenvalue weighted by atomic mass is 32.2. The quantitative estimate of drug-likeness (QED) is 0.886. The molecular formula is C16H18N2O3S. The van der Waals surface area contributed by atoms with Crippen LogP contribution in [0, 0.1) is 13.8 Å². The van der Waals surface area contributed by atoms with Crippen LogP contribution in [-0.4, -0.2) is 20.9 Å². The van der Waals surface area contributed by atoms with E-state index in [4.69, 9.17) is 0 Å². The molecule has 0 aromatic heterocycles. The second-order valence-electron chi connectivity index (χ2n) is 5.06. The molecule has 1 amide bonds. The number of hydrogen-bond acceptors (Lipinski definition) is 4. The first-order chi connectivity index (χ1) is 10.4. The summed E-state index contributed by atoms with van der Waals surface area (Å²) < 4.78 is 26.1. The van der Waals surface area contributed by atoms with Gasteiger partial charge in [-0.25, -0.2) is 13.1 Å². The molecule has 0 saturated carbocycles. The van der Waals surface area contributed by atoms with E-state index in [9.17, 15) is 13.2 Å². The molecule has 0 spiro atoms. The number of carbonyl (C=O) groups is 1. The summed E-state index contributed by atoms with van der Waals surface area (Å²) in [7, 11) is -3.83. The van der Waals surface area contributed by atoms with E-state index in [1.165, 1.54) is 12.1 Å². The summed E-state index contributed by atoms with van der Waals surface area (Å²) in [6.45, 7) is 3.71. The summed E-state index contributed by atoms with van der Waals surface area (Å²) in [5.41, 5.74) is 2.82. The number of aryl methyl sites for hydroxylation is 2. The fourth-order valence-electron chi connectivity index (χ4n) is 1.82. The third-order valence-corrected chi connectivity index (χ3v) is 4.47. The van der Waals surface area contributed by atoms with E-state index < -0.39 is 15.9 Å². The van der Waals surface area contributed by atoms with Gasteiger partial charge in [-0.05, 0) is 38.1 Å². The Hall–Kier alpha value is -2.34. The van der Waals surface area contributed by atoms with Crippen LogP contribution in [0.5, 0.6) is 0 Å². The molecule has 0 aliphatic carbocycles. The van der Waals surface area contributed by atoms with Gasteiger partial charge in [0.15, 0.2) is 0 Å². The van der Waals surface area contributed by atoms with Crippen LogP contribution in [0.2, 0.25) is 0 Å². The van der Waals surface area contributed by atoms with Crippen LogP contribution >= 0.6 is 0 Å². The molecule has 6 heteroatoms. The monoisotopic (exact) mass is 318 g/mol. The average molecular weight is 318 g/mol. The van der Waals surface area contributed by atoms with Crippen molar-refractivity contribution in [3.05, 3.63) is 59.7 Å². The Kier molecular flexibility index (Phi) is 4.82. The SMILES string of the molecule is Cc1ccc(NCC(=O)NS(=O)(=O)c2ccc(C)cc2)cc1. The first-order valence-electron chi connectivity index (χ1n) is 6.80. The first-order valence-corrected chi connectivity index (χ1v) is 8.28. The molecule has 2 aromatic carbocycles. The molecule has 2 N–H and O–H groups in total. The van der Waals surface area contributed by atoms with Crippen molar-refractivity contribution in [1.29, 1.82) is 0 Å². The minimum Gasteiger partial charge on any atom is -0.376 e. The van der Waals surface area contributed by atoms with E-state index in [1.807, 2.05) is 42.8 Å². The van der Waals surface area contributed by atoms with E-state index in [0.717, 1.165) is 16.8 Å². The van der Waals surface area contributed by atoms with Gasteiger partial charge in [-0.1, -0.05) is 35.4 Å². The number of benzene rings is 2. The average Bonchev–Trinajstić information content (AvgIpc) is 2.46. The molecular weight excluding hydrogens is 300 g/mol. The molecule has 116 valence electrons. The lowest BCUT2D eigenvalue weighted by molar-refractivity contribution is -0.117. The Morgan fingerprint density at radius 3 is 1.95 bits per heavy atom. The Labute approximate surface area is 130 Å². The summed E-state index contributed by atoms with van der Waals surface area (Å²) in [4.78, 5) is 11.9. The zero-order valence-electron chi connectivity index (χ0n) is 12.5. The predicted molar refractivity (Wildman–Crippen MR) is 86.2 cm³/mol. The van der Waals surface area contributed by atoms with Crippen molar-refractivity contribution in [2.24, 2.45) is 0 Å². The number of nitrogens with one attached hydrogen (secondary N) is 2. The standard InChI is InChI=1S/C16H18N2O3S/c1-12-3-7-14(8-4-12)17-11-16(19)18-22(20,21)15-9-5-13(2)6-10-15/h3-10,17H,11H2,1-2H3,(H,18,19). The van der Waals surface area contributed by atoms with Crippen LogP contribution in [-0.2, 0) is 14.8 Å². The van der Waals surface area contributed by atoms with E-state index in [1.54, 1.807) is 12.1 Å². The second-order valence-corrected chi connectivity index (χ2v) is 6.74. The van der Waals surface area contributed by atoms with Crippen LogP contribution in [0.15, 0.2) is 53.4 Å². The van der Waals surface area contributed by atoms with Gasteiger partial charge >= 0.3 is 0 Å². The van der Waals surface area contributed by atoms with E-state index in [2.05, 4.69) is 5.32 Å².